The highest BCUT2D eigenvalue weighted by Gasteiger charge is 2.16. The fraction of sp³-hybridized carbons (Fsp3) is 0.182. The van der Waals surface area contributed by atoms with Gasteiger partial charge in [0, 0.05) is 5.54 Å². The zero-order valence-corrected chi connectivity index (χ0v) is 10.5. The summed E-state index contributed by atoms with van der Waals surface area (Å²) in [7, 11) is 1.42. The number of hydrogen-bond donors (Lipinski definition) is 1. The average molecular weight is 277 g/mol. The van der Waals surface area contributed by atoms with Gasteiger partial charge >= 0.3 is 5.97 Å². The standard InChI is InChI=1S/C11H10Cl2O4/c1-16-9-4-2-3-8(11(14)15)10(9)17-6-7(13)5-12/h2-5H,6H2,1H3,(H,14,15). The van der Waals surface area contributed by atoms with Crippen molar-refractivity contribution in [3.8, 4) is 11.5 Å². The number of ether oxygens (including phenoxy) is 2. The third-order valence-electron chi connectivity index (χ3n) is 1.90. The van der Waals surface area contributed by atoms with Crippen molar-refractivity contribution in [1.82, 2.24) is 0 Å². The Kier molecular flexibility index (Phi) is 5.12. The van der Waals surface area contributed by atoms with Gasteiger partial charge in [0.1, 0.15) is 12.2 Å². The van der Waals surface area contributed by atoms with Crippen molar-refractivity contribution in [2.24, 2.45) is 0 Å². The maximum absolute atomic E-state index is 11.0. The molecule has 6 heteroatoms. The van der Waals surface area contributed by atoms with Crippen LogP contribution in [0.5, 0.6) is 11.5 Å². The van der Waals surface area contributed by atoms with E-state index >= 15 is 0 Å². The number of carbonyl (C=O) groups is 1. The Balaban J connectivity index is 3.05. The molecular formula is C11H10Cl2O4. The van der Waals surface area contributed by atoms with Crippen LogP contribution in [-0.2, 0) is 0 Å². The van der Waals surface area contributed by atoms with E-state index in [1.807, 2.05) is 0 Å². The van der Waals surface area contributed by atoms with E-state index in [4.69, 9.17) is 37.8 Å². The van der Waals surface area contributed by atoms with Crippen LogP contribution in [0.15, 0.2) is 28.8 Å². The van der Waals surface area contributed by atoms with Gasteiger partial charge in [-0.25, -0.2) is 4.79 Å². The Morgan fingerprint density at radius 3 is 2.76 bits per heavy atom. The molecule has 0 aromatic heterocycles. The first-order valence-corrected chi connectivity index (χ1v) is 5.39. The second-order valence-corrected chi connectivity index (χ2v) is 3.69. The lowest BCUT2D eigenvalue weighted by Crippen LogP contribution is -2.06. The third-order valence-corrected chi connectivity index (χ3v) is 2.50. The highest BCUT2D eigenvalue weighted by atomic mass is 35.5. The lowest BCUT2D eigenvalue weighted by molar-refractivity contribution is 0.0692. The summed E-state index contributed by atoms with van der Waals surface area (Å²) in [4.78, 5) is 11.0. The molecule has 4 nitrogen and oxygen atoms in total. The fourth-order valence-corrected chi connectivity index (χ4v) is 1.28. The summed E-state index contributed by atoms with van der Waals surface area (Å²) in [5, 5.41) is 9.26. The molecule has 0 unspecified atom stereocenters. The van der Waals surface area contributed by atoms with Gasteiger partial charge in [-0.1, -0.05) is 29.3 Å². The molecule has 17 heavy (non-hydrogen) atoms. The van der Waals surface area contributed by atoms with Gasteiger partial charge in [-0.3, -0.25) is 0 Å². The van der Waals surface area contributed by atoms with Gasteiger partial charge in [0.2, 0.25) is 0 Å². The van der Waals surface area contributed by atoms with Crippen LogP contribution in [0.3, 0.4) is 0 Å². The first kappa shape index (κ1) is 13.7. The molecule has 0 aliphatic heterocycles. The molecule has 1 N–H and O–H groups in total. The van der Waals surface area contributed by atoms with E-state index in [9.17, 15) is 4.79 Å². The third kappa shape index (κ3) is 3.54. The van der Waals surface area contributed by atoms with E-state index in [0.717, 1.165) is 5.54 Å². The molecule has 0 atom stereocenters. The quantitative estimate of drug-likeness (QED) is 0.898. The molecule has 0 aliphatic rings. The SMILES string of the molecule is COc1cccc(C(=O)O)c1OCC(Cl)=CCl. The Labute approximate surface area is 108 Å². The molecule has 1 rings (SSSR count). The highest BCUT2D eigenvalue weighted by Crippen LogP contribution is 2.31. The van der Waals surface area contributed by atoms with Gasteiger partial charge in [-0.2, -0.15) is 0 Å². The van der Waals surface area contributed by atoms with E-state index < -0.39 is 5.97 Å². The van der Waals surface area contributed by atoms with E-state index in [1.54, 1.807) is 12.1 Å². The molecule has 0 amide bonds. The topological polar surface area (TPSA) is 55.8 Å². The number of rotatable bonds is 5. The molecule has 0 saturated heterocycles. The summed E-state index contributed by atoms with van der Waals surface area (Å²) >= 11 is 11.0. The van der Waals surface area contributed by atoms with Crippen molar-refractivity contribution < 1.29 is 19.4 Å². The van der Waals surface area contributed by atoms with E-state index in [-0.39, 0.29) is 23.0 Å². The molecule has 0 fully saturated rings. The van der Waals surface area contributed by atoms with Crippen LogP contribution < -0.4 is 9.47 Å². The van der Waals surface area contributed by atoms with Crippen LogP contribution in [0, 0.1) is 0 Å². The summed E-state index contributed by atoms with van der Waals surface area (Å²) in [6.45, 7) is -0.0221. The number of halogens is 2. The van der Waals surface area contributed by atoms with Gasteiger partial charge in [0.05, 0.1) is 12.1 Å². The van der Waals surface area contributed by atoms with Crippen molar-refractivity contribution in [3.63, 3.8) is 0 Å². The smallest absolute Gasteiger partial charge is 0.339 e. The molecule has 1 aromatic rings. The molecule has 0 radical (unpaired) electrons. The minimum atomic E-state index is -1.11. The van der Waals surface area contributed by atoms with E-state index in [2.05, 4.69) is 0 Å². The van der Waals surface area contributed by atoms with Gasteiger partial charge in [0.15, 0.2) is 11.5 Å². The van der Waals surface area contributed by atoms with Gasteiger partial charge in [-0.05, 0) is 12.1 Å². The van der Waals surface area contributed by atoms with Gasteiger partial charge < -0.3 is 14.6 Å². The molecular weight excluding hydrogens is 267 g/mol. The van der Waals surface area contributed by atoms with E-state index in [1.165, 1.54) is 13.2 Å². The number of methoxy groups -OCH3 is 1. The Hall–Kier alpha value is -1.39. The number of benzene rings is 1. The molecule has 0 aliphatic carbocycles. The normalized spacial score (nSPS) is 11.1. The predicted octanol–water partition coefficient (Wildman–Crippen LogP) is 3.09. The van der Waals surface area contributed by atoms with Crippen LogP contribution in [0.25, 0.3) is 0 Å². The maximum atomic E-state index is 11.0. The molecule has 0 spiro atoms. The Morgan fingerprint density at radius 2 is 2.24 bits per heavy atom. The second kappa shape index (κ2) is 6.37. The number of hydrogen-bond acceptors (Lipinski definition) is 3. The van der Waals surface area contributed by atoms with Crippen LogP contribution in [0.2, 0.25) is 0 Å². The highest BCUT2D eigenvalue weighted by molar-refractivity contribution is 6.36. The lowest BCUT2D eigenvalue weighted by Gasteiger charge is -2.12. The largest absolute Gasteiger partial charge is 0.493 e. The monoisotopic (exact) mass is 276 g/mol. The van der Waals surface area contributed by atoms with Crippen molar-refractivity contribution in [2.75, 3.05) is 13.7 Å². The van der Waals surface area contributed by atoms with Crippen LogP contribution in [0.1, 0.15) is 10.4 Å². The number of aromatic carboxylic acids is 1. The summed E-state index contributed by atoms with van der Waals surface area (Å²) in [6, 6.07) is 4.58. The maximum Gasteiger partial charge on any atom is 0.339 e. The Bertz CT molecular complexity index is 443. The number of carboxylic acid groups (broad SMARTS) is 1. The Morgan fingerprint density at radius 1 is 1.53 bits per heavy atom. The number of para-hydroxylation sites is 1. The van der Waals surface area contributed by atoms with Crippen molar-refractivity contribution in [1.29, 1.82) is 0 Å². The van der Waals surface area contributed by atoms with E-state index in [0.29, 0.717) is 5.75 Å². The summed E-state index contributed by atoms with van der Waals surface area (Å²) < 4.78 is 10.3. The molecule has 0 bridgehead atoms. The van der Waals surface area contributed by atoms with Crippen molar-refractivity contribution in [3.05, 3.63) is 34.3 Å². The van der Waals surface area contributed by atoms with Gasteiger partial charge in [-0.15, -0.1) is 0 Å². The van der Waals surface area contributed by atoms with Crippen LogP contribution in [-0.4, -0.2) is 24.8 Å². The first-order valence-electron chi connectivity index (χ1n) is 4.58. The van der Waals surface area contributed by atoms with Crippen LogP contribution in [0.4, 0.5) is 0 Å². The summed E-state index contributed by atoms with van der Waals surface area (Å²) in [5.41, 5.74) is 1.15. The van der Waals surface area contributed by atoms with Crippen molar-refractivity contribution >= 4 is 29.2 Å². The fourth-order valence-electron chi connectivity index (χ4n) is 1.17. The lowest BCUT2D eigenvalue weighted by atomic mass is 10.2. The minimum Gasteiger partial charge on any atom is -0.493 e. The zero-order chi connectivity index (χ0) is 12.8. The number of carboxylic acids is 1. The van der Waals surface area contributed by atoms with Gasteiger partial charge in [0.25, 0.3) is 0 Å². The molecule has 92 valence electrons. The average Bonchev–Trinajstić information content (AvgIpc) is 2.35. The summed E-state index contributed by atoms with van der Waals surface area (Å²) in [6.07, 6.45) is 0. The minimum absolute atomic E-state index is 0.00314. The first-order chi connectivity index (χ1) is 8.10. The molecule has 0 saturated carbocycles. The molecule has 0 heterocycles. The predicted molar refractivity (Wildman–Crippen MR) is 65.2 cm³/mol. The van der Waals surface area contributed by atoms with Crippen LogP contribution >= 0.6 is 23.2 Å². The second-order valence-electron chi connectivity index (χ2n) is 2.99. The zero-order valence-electron chi connectivity index (χ0n) is 8.94. The molecule has 1 aromatic carbocycles. The summed E-state index contributed by atoms with van der Waals surface area (Å²) in [5.74, 6) is -0.659. The van der Waals surface area contributed by atoms with Crippen molar-refractivity contribution in [2.45, 2.75) is 0 Å².